The Morgan fingerprint density at radius 3 is 2.09 bits per heavy atom. The van der Waals surface area contributed by atoms with Gasteiger partial charge in [0.15, 0.2) is 0 Å². The molecule has 114 valence electrons. The number of nitriles is 2. The van der Waals surface area contributed by atoms with Gasteiger partial charge in [0.25, 0.3) is 0 Å². The average molecular weight is 292 g/mol. The molecule has 1 aromatic carbocycles. The minimum absolute atomic E-state index is 0.404. The highest BCUT2D eigenvalue weighted by Crippen LogP contribution is 2.11. The van der Waals surface area contributed by atoms with Crippen molar-refractivity contribution in [2.75, 3.05) is 0 Å². The van der Waals surface area contributed by atoms with Crippen molar-refractivity contribution in [3.63, 3.8) is 0 Å². The van der Waals surface area contributed by atoms with Crippen molar-refractivity contribution in [3.8, 4) is 24.0 Å². The maximum Gasteiger partial charge on any atom is 0.101 e. The number of nitrogens with zero attached hydrogens (tertiary/aromatic N) is 2. The van der Waals surface area contributed by atoms with Crippen LogP contribution in [-0.2, 0) is 0 Å². The third-order valence-electron chi connectivity index (χ3n) is 3.65. The first kappa shape index (κ1) is 17.8. The second-order valence-electron chi connectivity index (χ2n) is 5.51. The Balaban J connectivity index is 2.25. The summed E-state index contributed by atoms with van der Waals surface area (Å²) in [6.45, 7) is 2.24. The summed E-state index contributed by atoms with van der Waals surface area (Å²) < 4.78 is 0. The lowest BCUT2D eigenvalue weighted by atomic mass is 10.1. The quantitative estimate of drug-likeness (QED) is 0.481. The lowest BCUT2D eigenvalue weighted by Gasteiger charge is -1.99. The van der Waals surface area contributed by atoms with Gasteiger partial charge in [-0.05, 0) is 24.6 Å². The lowest BCUT2D eigenvalue weighted by molar-refractivity contribution is 0.579. The van der Waals surface area contributed by atoms with Crippen molar-refractivity contribution in [2.24, 2.45) is 0 Å². The van der Waals surface area contributed by atoms with Gasteiger partial charge in [-0.3, -0.25) is 0 Å². The van der Waals surface area contributed by atoms with E-state index in [-0.39, 0.29) is 0 Å². The first-order valence-electron chi connectivity index (χ1n) is 8.25. The van der Waals surface area contributed by atoms with E-state index in [9.17, 15) is 0 Å². The van der Waals surface area contributed by atoms with Crippen molar-refractivity contribution in [1.29, 1.82) is 10.5 Å². The van der Waals surface area contributed by atoms with Gasteiger partial charge < -0.3 is 0 Å². The molecule has 0 spiro atoms. The number of hydrogen-bond donors (Lipinski definition) is 0. The molecule has 0 bridgehead atoms. The minimum atomic E-state index is 0.404. The number of benzene rings is 1. The van der Waals surface area contributed by atoms with E-state index in [1.165, 1.54) is 44.9 Å². The number of unbranched alkanes of at least 4 members (excludes halogenated alkanes) is 8. The summed E-state index contributed by atoms with van der Waals surface area (Å²) in [4.78, 5) is 0. The molecule has 1 aromatic rings. The molecular weight excluding hydrogens is 268 g/mol. The van der Waals surface area contributed by atoms with Gasteiger partial charge in [0.2, 0.25) is 0 Å². The second-order valence-corrected chi connectivity index (χ2v) is 5.51. The molecule has 0 aromatic heterocycles. The van der Waals surface area contributed by atoms with Crippen LogP contribution in [0.3, 0.4) is 0 Å². The Morgan fingerprint density at radius 2 is 1.45 bits per heavy atom. The van der Waals surface area contributed by atoms with Gasteiger partial charge in [0.05, 0.1) is 11.1 Å². The van der Waals surface area contributed by atoms with E-state index in [4.69, 9.17) is 10.5 Å². The topological polar surface area (TPSA) is 47.6 Å². The first-order valence-corrected chi connectivity index (χ1v) is 8.25. The largest absolute Gasteiger partial charge is 0.192 e. The Bertz CT molecular complexity index is 591. The van der Waals surface area contributed by atoms with Crippen LogP contribution >= 0.6 is 0 Å². The van der Waals surface area contributed by atoms with Gasteiger partial charge >= 0.3 is 0 Å². The molecule has 0 unspecified atom stereocenters. The first-order chi connectivity index (χ1) is 10.8. The van der Waals surface area contributed by atoms with Gasteiger partial charge in [-0.25, -0.2) is 0 Å². The SMILES string of the molecule is CCCCCCCCCCC#Cc1ccc(C#N)c(C#N)c1. The zero-order chi connectivity index (χ0) is 16.0. The van der Waals surface area contributed by atoms with E-state index in [1.54, 1.807) is 18.2 Å². The fraction of sp³-hybridized carbons (Fsp3) is 0.500. The highest BCUT2D eigenvalue weighted by Gasteiger charge is 2.00. The van der Waals surface area contributed by atoms with Crippen molar-refractivity contribution < 1.29 is 0 Å². The average Bonchev–Trinajstić information content (AvgIpc) is 2.56. The van der Waals surface area contributed by atoms with Gasteiger partial charge in [-0.15, -0.1) is 0 Å². The number of hydrogen-bond acceptors (Lipinski definition) is 2. The molecule has 0 amide bonds. The second kappa shape index (κ2) is 11.4. The van der Waals surface area contributed by atoms with Crippen LogP contribution in [0, 0.1) is 34.5 Å². The Kier molecular flexibility index (Phi) is 9.25. The maximum absolute atomic E-state index is 8.97. The normalized spacial score (nSPS) is 9.41. The van der Waals surface area contributed by atoms with E-state index in [0.717, 1.165) is 18.4 Å². The van der Waals surface area contributed by atoms with Crippen molar-refractivity contribution in [2.45, 2.75) is 64.7 Å². The maximum atomic E-state index is 8.97. The standard InChI is InChI=1S/C20H24N2/c1-2-3-4-5-6-7-8-9-10-11-12-18-13-14-19(16-21)20(15-18)17-22/h13-15H,2-10H2,1H3. The molecule has 22 heavy (non-hydrogen) atoms. The smallest absolute Gasteiger partial charge is 0.101 e. The van der Waals surface area contributed by atoms with Crippen LogP contribution in [-0.4, -0.2) is 0 Å². The summed E-state index contributed by atoms with van der Waals surface area (Å²) in [7, 11) is 0. The van der Waals surface area contributed by atoms with Gasteiger partial charge in [0.1, 0.15) is 12.1 Å². The summed E-state index contributed by atoms with van der Waals surface area (Å²) in [6, 6.07) is 9.21. The lowest BCUT2D eigenvalue weighted by Crippen LogP contribution is -1.85. The van der Waals surface area contributed by atoms with Crippen LogP contribution in [0.15, 0.2) is 18.2 Å². The van der Waals surface area contributed by atoms with E-state index >= 15 is 0 Å². The molecule has 0 aliphatic heterocycles. The molecule has 2 heteroatoms. The zero-order valence-corrected chi connectivity index (χ0v) is 13.5. The van der Waals surface area contributed by atoms with Gasteiger partial charge in [-0.2, -0.15) is 10.5 Å². The molecule has 0 heterocycles. The Morgan fingerprint density at radius 1 is 0.818 bits per heavy atom. The molecule has 0 aliphatic carbocycles. The van der Waals surface area contributed by atoms with Crippen LogP contribution < -0.4 is 0 Å². The molecule has 0 atom stereocenters. The van der Waals surface area contributed by atoms with E-state index in [1.807, 2.05) is 12.1 Å². The summed E-state index contributed by atoms with van der Waals surface area (Å²) in [6.07, 6.45) is 11.3. The summed E-state index contributed by atoms with van der Waals surface area (Å²) in [5, 5.41) is 17.8. The fourth-order valence-corrected chi connectivity index (χ4v) is 2.32. The molecule has 0 N–H and O–H groups in total. The van der Waals surface area contributed by atoms with Crippen LogP contribution in [0.2, 0.25) is 0 Å². The summed E-state index contributed by atoms with van der Waals surface area (Å²) >= 11 is 0. The molecule has 2 nitrogen and oxygen atoms in total. The number of rotatable bonds is 8. The van der Waals surface area contributed by atoms with Crippen molar-refractivity contribution in [3.05, 3.63) is 34.9 Å². The molecule has 0 fully saturated rings. The summed E-state index contributed by atoms with van der Waals surface area (Å²) in [5.41, 5.74) is 1.63. The fourth-order valence-electron chi connectivity index (χ4n) is 2.32. The molecular formula is C20H24N2. The van der Waals surface area contributed by atoms with E-state index in [2.05, 4.69) is 18.8 Å². The predicted molar refractivity (Wildman–Crippen MR) is 90.0 cm³/mol. The van der Waals surface area contributed by atoms with Gasteiger partial charge in [-0.1, -0.05) is 63.7 Å². The monoisotopic (exact) mass is 292 g/mol. The highest BCUT2D eigenvalue weighted by atomic mass is 14.3. The molecule has 0 saturated carbocycles. The zero-order valence-electron chi connectivity index (χ0n) is 13.5. The van der Waals surface area contributed by atoms with Crippen molar-refractivity contribution in [1.82, 2.24) is 0 Å². The predicted octanol–water partition coefficient (Wildman–Crippen LogP) is 5.31. The van der Waals surface area contributed by atoms with Gasteiger partial charge in [0, 0.05) is 12.0 Å². The molecule has 0 radical (unpaired) electrons. The summed E-state index contributed by atoms with van der Waals surface area (Å²) in [5.74, 6) is 6.24. The van der Waals surface area contributed by atoms with Crippen LogP contribution in [0.4, 0.5) is 0 Å². The van der Waals surface area contributed by atoms with Crippen molar-refractivity contribution >= 4 is 0 Å². The Labute approximate surface area is 134 Å². The van der Waals surface area contributed by atoms with Crippen LogP contribution in [0.25, 0.3) is 0 Å². The molecule has 1 rings (SSSR count). The van der Waals surface area contributed by atoms with E-state index < -0.39 is 0 Å². The third kappa shape index (κ3) is 6.97. The molecule has 0 saturated heterocycles. The minimum Gasteiger partial charge on any atom is -0.192 e. The Hall–Kier alpha value is -2.24. The van der Waals surface area contributed by atoms with E-state index in [0.29, 0.717) is 11.1 Å². The molecule has 0 aliphatic rings. The van der Waals surface area contributed by atoms with Crippen LogP contribution in [0.5, 0.6) is 0 Å². The van der Waals surface area contributed by atoms with Crippen LogP contribution in [0.1, 0.15) is 81.4 Å². The highest BCUT2D eigenvalue weighted by molar-refractivity contribution is 5.50. The third-order valence-corrected chi connectivity index (χ3v) is 3.65.